The Morgan fingerprint density at radius 2 is 2.27 bits per heavy atom. The fraction of sp³-hybridized carbons (Fsp3) is 0.667. The van der Waals surface area contributed by atoms with Crippen molar-refractivity contribution in [3.8, 4) is 0 Å². The van der Waals surface area contributed by atoms with Gasteiger partial charge in [-0.3, -0.25) is 9.59 Å². The number of hydrogen-bond donors (Lipinski definition) is 2. The number of nitrogens with zero attached hydrogens (tertiary/aromatic N) is 2. The van der Waals surface area contributed by atoms with E-state index in [1.165, 1.54) is 0 Å². The molecule has 7 heteroatoms. The van der Waals surface area contributed by atoms with Gasteiger partial charge in [0.05, 0.1) is 6.04 Å². The first-order chi connectivity index (χ1) is 10.5. The summed E-state index contributed by atoms with van der Waals surface area (Å²) in [4.78, 5) is 25.6. The molecule has 1 saturated heterocycles. The monoisotopic (exact) mass is 306 g/mol. The minimum Gasteiger partial charge on any atom is -0.360 e. The van der Waals surface area contributed by atoms with Gasteiger partial charge in [0.15, 0.2) is 5.69 Å². The lowest BCUT2D eigenvalue weighted by molar-refractivity contribution is -0.131. The van der Waals surface area contributed by atoms with Crippen LogP contribution in [0.2, 0.25) is 0 Å². The van der Waals surface area contributed by atoms with Crippen molar-refractivity contribution in [3.63, 3.8) is 0 Å². The molecule has 7 nitrogen and oxygen atoms in total. The Kier molecular flexibility index (Phi) is 4.15. The highest BCUT2D eigenvalue weighted by molar-refractivity contribution is 5.92. The average Bonchev–Trinajstić information content (AvgIpc) is 3.04. The van der Waals surface area contributed by atoms with Crippen molar-refractivity contribution in [3.05, 3.63) is 17.5 Å². The second kappa shape index (κ2) is 6.08. The summed E-state index contributed by atoms with van der Waals surface area (Å²) in [6, 6.07) is 1.26. The first kappa shape index (κ1) is 15.0. The number of nitrogens with two attached hydrogens (primary N) is 1. The first-order valence-corrected chi connectivity index (χ1v) is 7.83. The Hall–Kier alpha value is -1.89. The Balaban J connectivity index is 1.46. The smallest absolute Gasteiger partial charge is 0.273 e. The van der Waals surface area contributed by atoms with E-state index < -0.39 is 6.04 Å². The number of amides is 2. The SMILES string of the molecule is C[C@@H](N)C(=O)N1CC[C@@H](CNC(=O)c2cc(C3CC3)on2)C1. The van der Waals surface area contributed by atoms with Gasteiger partial charge in [-0.15, -0.1) is 0 Å². The van der Waals surface area contributed by atoms with Crippen LogP contribution in [0.1, 0.15) is 48.4 Å². The summed E-state index contributed by atoms with van der Waals surface area (Å²) in [5.74, 6) is 1.27. The number of carbonyl (C=O) groups is 2. The van der Waals surface area contributed by atoms with Crippen LogP contribution < -0.4 is 11.1 Å². The number of rotatable bonds is 5. The van der Waals surface area contributed by atoms with Crippen LogP contribution in [0.5, 0.6) is 0 Å². The number of hydrogen-bond acceptors (Lipinski definition) is 5. The van der Waals surface area contributed by atoms with Gasteiger partial charge in [-0.05, 0) is 32.1 Å². The molecule has 2 amide bonds. The van der Waals surface area contributed by atoms with Crippen molar-refractivity contribution >= 4 is 11.8 Å². The molecule has 2 heterocycles. The summed E-state index contributed by atoms with van der Waals surface area (Å²) in [5.41, 5.74) is 5.95. The van der Waals surface area contributed by atoms with E-state index in [-0.39, 0.29) is 17.7 Å². The molecule has 0 radical (unpaired) electrons. The molecule has 2 fully saturated rings. The fourth-order valence-electron chi connectivity index (χ4n) is 2.77. The molecule has 0 aromatic carbocycles. The van der Waals surface area contributed by atoms with Crippen molar-refractivity contribution in [2.75, 3.05) is 19.6 Å². The van der Waals surface area contributed by atoms with E-state index in [0.29, 0.717) is 31.2 Å². The lowest BCUT2D eigenvalue weighted by Crippen LogP contribution is -2.41. The maximum Gasteiger partial charge on any atom is 0.273 e. The van der Waals surface area contributed by atoms with Gasteiger partial charge < -0.3 is 20.5 Å². The molecule has 0 bridgehead atoms. The minimum absolute atomic E-state index is 0.0283. The summed E-state index contributed by atoms with van der Waals surface area (Å²) in [6.07, 6.45) is 3.11. The molecule has 1 aliphatic carbocycles. The predicted molar refractivity (Wildman–Crippen MR) is 79.1 cm³/mol. The Bertz CT molecular complexity index is 565. The van der Waals surface area contributed by atoms with Crippen LogP contribution in [0.15, 0.2) is 10.6 Å². The van der Waals surface area contributed by atoms with Crippen molar-refractivity contribution in [1.29, 1.82) is 0 Å². The van der Waals surface area contributed by atoms with Crippen LogP contribution in [0.4, 0.5) is 0 Å². The van der Waals surface area contributed by atoms with E-state index >= 15 is 0 Å². The van der Waals surface area contributed by atoms with E-state index in [2.05, 4.69) is 10.5 Å². The summed E-state index contributed by atoms with van der Waals surface area (Å²) in [5, 5.41) is 6.69. The molecule has 1 aromatic heterocycles. The lowest BCUT2D eigenvalue weighted by atomic mass is 10.1. The van der Waals surface area contributed by atoms with E-state index in [0.717, 1.165) is 25.0 Å². The highest BCUT2D eigenvalue weighted by Gasteiger charge is 2.30. The third kappa shape index (κ3) is 3.30. The van der Waals surface area contributed by atoms with Gasteiger partial charge >= 0.3 is 0 Å². The molecule has 0 unspecified atom stereocenters. The molecule has 1 aliphatic heterocycles. The lowest BCUT2D eigenvalue weighted by Gasteiger charge is -2.18. The van der Waals surface area contributed by atoms with Crippen LogP contribution in [-0.2, 0) is 4.79 Å². The minimum atomic E-state index is -0.468. The van der Waals surface area contributed by atoms with Gasteiger partial charge in [-0.2, -0.15) is 0 Å². The van der Waals surface area contributed by atoms with Crippen molar-refractivity contribution in [2.24, 2.45) is 11.7 Å². The number of aromatic nitrogens is 1. The zero-order chi connectivity index (χ0) is 15.7. The second-order valence-corrected chi connectivity index (χ2v) is 6.33. The van der Waals surface area contributed by atoms with E-state index in [9.17, 15) is 9.59 Å². The Morgan fingerprint density at radius 3 is 2.95 bits per heavy atom. The summed E-state index contributed by atoms with van der Waals surface area (Å²) >= 11 is 0. The summed E-state index contributed by atoms with van der Waals surface area (Å²) in [6.45, 7) is 3.58. The molecule has 2 aliphatic rings. The molecule has 1 saturated carbocycles. The van der Waals surface area contributed by atoms with Crippen LogP contribution in [0, 0.1) is 5.92 Å². The Morgan fingerprint density at radius 1 is 1.50 bits per heavy atom. The molecule has 120 valence electrons. The molecule has 3 rings (SSSR count). The molecule has 0 spiro atoms. The van der Waals surface area contributed by atoms with Crippen molar-refractivity contribution < 1.29 is 14.1 Å². The van der Waals surface area contributed by atoms with Gasteiger partial charge in [0.25, 0.3) is 5.91 Å². The molecule has 3 N–H and O–H groups in total. The van der Waals surface area contributed by atoms with Crippen LogP contribution >= 0.6 is 0 Å². The average molecular weight is 306 g/mol. The van der Waals surface area contributed by atoms with Gasteiger partial charge in [-0.25, -0.2) is 0 Å². The van der Waals surface area contributed by atoms with E-state index in [1.54, 1.807) is 17.9 Å². The third-order valence-corrected chi connectivity index (χ3v) is 4.28. The maximum absolute atomic E-state index is 12.0. The molecular weight excluding hydrogens is 284 g/mol. The predicted octanol–water partition coefficient (Wildman–Crippen LogP) is 0.478. The van der Waals surface area contributed by atoms with Crippen LogP contribution in [0.25, 0.3) is 0 Å². The molecule has 22 heavy (non-hydrogen) atoms. The Labute approximate surface area is 129 Å². The van der Waals surface area contributed by atoms with Gasteiger partial charge in [-0.1, -0.05) is 5.16 Å². The zero-order valence-corrected chi connectivity index (χ0v) is 12.7. The molecule has 1 aromatic rings. The molecular formula is C15H22N4O3. The van der Waals surface area contributed by atoms with E-state index in [1.807, 2.05) is 0 Å². The maximum atomic E-state index is 12.0. The number of carbonyl (C=O) groups excluding carboxylic acids is 2. The number of nitrogens with one attached hydrogen (secondary N) is 1. The van der Waals surface area contributed by atoms with Gasteiger partial charge in [0, 0.05) is 31.6 Å². The van der Waals surface area contributed by atoms with Gasteiger partial charge in [0.1, 0.15) is 5.76 Å². The van der Waals surface area contributed by atoms with Gasteiger partial charge in [0.2, 0.25) is 5.91 Å². The largest absolute Gasteiger partial charge is 0.360 e. The van der Waals surface area contributed by atoms with Crippen molar-refractivity contribution in [2.45, 2.75) is 38.1 Å². The van der Waals surface area contributed by atoms with Crippen molar-refractivity contribution in [1.82, 2.24) is 15.4 Å². The highest BCUT2D eigenvalue weighted by atomic mass is 16.5. The second-order valence-electron chi connectivity index (χ2n) is 6.33. The summed E-state index contributed by atoms with van der Waals surface area (Å²) in [7, 11) is 0. The summed E-state index contributed by atoms with van der Waals surface area (Å²) < 4.78 is 5.18. The van der Waals surface area contributed by atoms with E-state index in [4.69, 9.17) is 10.3 Å². The van der Waals surface area contributed by atoms with Crippen LogP contribution in [0.3, 0.4) is 0 Å². The first-order valence-electron chi connectivity index (χ1n) is 7.83. The standard InChI is InChI=1S/C15H22N4O3/c1-9(16)15(21)19-5-4-10(8-19)7-17-14(20)12-6-13(22-18-12)11-2-3-11/h6,9-11H,2-5,7-8,16H2,1H3,(H,17,20)/t9-,10+/m1/s1. The topological polar surface area (TPSA) is 101 Å². The zero-order valence-electron chi connectivity index (χ0n) is 12.7. The quantitative estimate of drug-likeness (QED) is 0.824. The third-order valence-electron chi connectivity index (χ3n) is 4.28. The highest BCUT2D eigenvalue weighted by Crippen LogP contribution is 2.40. The normalized spacial score (nSPS) is 22.6. The molecule has 2 atom stereocenters. The number of likely N-dealkylation sites (tertiary alicyclic amines) is 1. The van der Waals surface area contributed by atoms with Crippen LogP contribution in [-0.4, -0.2) is 47.5 Å². The fourth-order valence-corrected chi connectivity index (χ4v) is 2.77.